The van der Waals surface area contributed by atoms with Gasteiger partial charge in [0.05, 0.1) is 6.04 Å². The van der Waals surface area contributed by atoms with E-state index in [2.05, 4.69) is 6.92 Å². The van der Waals surface area contributed by atoms with Crippen molar-refractivity contribution in [1.82, 2.24) is 0 Å². The third kappa shape index (κ3) is 3.41. The minimum atomic E-state index is -0.239. The molecule has 2 N–H and O–H groups in total. The van der Waals surface area contributed by atoms with E-state index in [0.717, 1.165) is 12.3 Å². The van der Waals surface area contributed by atoms with Crippen molar-refractivity contribution in [1.29, 1.82) is 0 Å². The smallest absolute Gasteiger partial charge is 0.146 e. The first kappa shape index (κ1) is 11.7. The molecular formula is C12H23NO. The summed E-state index contributed by atoms with van der Waals surface area (Å²) in [5, 5.41) is 0. The first-order valence-electron chi connectivity index (χ1n) is 5.87. The first-order valence-corrected chi connectivity index (χ1v) is 5.87. The Balaban J connectivity index is 2.07. The Hall–Kier alpha value is -0.370. The van der Waals surface area contributed by atoms with Gasteiger partial charge in [-0.15, -0.1) is 0 Å². The maximum absolute atomic E-state index is 11.0. The lowest BCUT2D eigenvalue weighted by Gasteiger charge is -2.26. The van der Waals surface area contributed by atoms with E-state index in [1.165, 1.54) is 32.1 Å². The average molecular weight is 197 g/mol. The lowest BCUT2D eigenvalue weighted by Crippen LogP contribution is -2.35. The van der Waals surface area contributed by atoms with Crippen LogP contribution < -0.4 is 5.73 Å². The SMILES string of the molecule is CC(=O)C(N)C(C)CCCC1CCC1. The molecule has 0 bridgehead atoms. The van der Waals surface area contributed by atoms with Gasteiger partial charge >= 0.3 is 0 Å². The molecule has 0 aliphatic heterocycles. The molecule has 0 aromatic heterocycles. The molecule has 0 aromatic rings. The summed E-state index contributed by atoms with van der Waals surface area (Å²) in [6.07, 6.45) is 7.96. The summed E-state index contributed by atoms with van der Waals surface area (Å²) in [7, 11) is 0. The molecule has 14 heavy (non-hydrogen) atoms. The van der Waals surface area contributed by atoms with E-state index in [4.69, 9.17) is 5.73 Å². The van der Waals surface area contributed by atoms with Gasteiger partial charge in [-0.3, -0.25) is 4.79 Å². The molecule has 0 radical (unpaired) electrons. The molecular weight excluding hydrogens is 174 g/mol. The van der Waals surface area contributed by atoms with Gasteiger partial charge in [-0.25, -0.2) is 0 Å². The van der Waals surface area contributed by atoms with Gasteiger partial charge in [-0.1, -0.05) is 39.0 Å². The maximum atomic E-state index is 11.0. The van der Waals surface area contributed by atoms with E-state index >= 15 is 0 Å². The van der Waals surface area contributed by atoms with Crippen LogP contribution in [0.2, 0.25) is 0 Å². The number of carbonyl (C=O) groups is 1. The van der Waals surface area contributed by atoms with Crippen LogP contribution in [0, 0.1) is 11.8 Å². The van der Waals surface area contributed by atoms with Gasteiger partial charge in [0.2, 0.25) is 0 Å². The summed E-state index contributed by atoms with van der Waals surface area (Å²) < 4.78 is 0. The standard InChI is InChI=1S/C12H23NO/c1-9(12(13)10(2)14)5-3-6-11-7-4-8-11/h9,11-12H,3-8,13H2,1-2H3. The molecule has 2 nitrogen and oxygen atoms in total. The van der Waals surface area contributed by atoms with E-state index in [0.29, 0.717) is 5.92 Å². The van der Waals surface area contributed by atoms with Gasteiger partial charge in [0.1, 0.15) is 5.78 Å². The van der Waals surface area contributed by atoms with Gasteiger partial charge < -0.3 is 5.73 Å². The number of ketones is 1. The van der Waals surface area contributed by atoms with Crippen LogP contribution in [0.15, 0.2) is 0 Å². The van der Waals surface area contributed by atoms with Crippen LogP contribution in [0.25, 0.3) is 0 Å². The monoisotopic (exact) mass is 197 g/mol. The second kappa shape index (κ2) is 5.50. The van der Waals surface area contributed by atoms with Crippen LogP contribution in [0.5, 0.6) is 0 Å². The number of Topliss-reactive ketones (excluding diaryl/α,β-unsaturated/α-hetero) is 1. The van der Waals surface area contributed by atoms with E-state index in [9.17, 15) is 4.79 Å². The molecule has 2 atom stereocenters. The Kier molecular flexibility index (Phi) is 4.59. The highest BCUT2D eigenvalue weighted by Crippen LogP contribution is 2.31. The highest BCUT2D eigenvalue weighted by Gasteiger charge is 2.19. The van der Waals surface area contributed by atoms with E-state index in [-0.39, 0.29) is 11.8 Å². The quantitative estimate of drug-likeness (QED) is 0.711. The molecule has 1 aliphatic rings. The molecule has 0 spiro atoms. The number of rotatable bonds is 6. The average Bonchev–Trinajstić information content (AvgIpc) is 2.07. The van der Waals surface area contributed by atoms with Gasteiger partial charge in [0, 0.05) is 0 Å². The molecule has 0 heterocycles. The van der Waals surface area contributed by atoms with Crippen molar-refractivity contribution in [2.24, 2.45) is 17.6 Å². The van der Waals surface area contributed by atoms with Crippen LogP contribution in [0.3, 0.4) is 0 Å². The Bertz CT molecular complexity index is 187. The fourth-order valence-electron chi connectivity index (χ4n) is 2.09. The fourth-order valence-corrected chi connectivity index (χ4v) is 2.09. The highest BCUT2D eigenvalue weighted by molar-refractivity contribution is 5.81. The highest BCUT2D eigenvalue weighted by atomic mass is 16.1. The van der Waals surface area contributed by atoms with Gasteiger partial charge in [0.25, 0.3) is 0 Å². The van der Waals surface area contributed by atoms with E-state index < -0.39 is 0 Å². The maximum Gasteiger partial charge on any atom is 0.146 e. The van der Waals surface area contributed by atoms with Crippen molar-refractivity contribution in [3.8, 4) is 0 Å². The predicted molar refractivity (Wildman–Crippen MR) is 59.0 cm³/mol. The predicted octanol–water partition coefficient (Wildman–Crippen LogP) is 2.51. The molecule has 0 aromatic carbocycles. The van der Waals surface area contributed by atoms with Gasteiger partial charge in [0.15, 0.2) is 0 Å². The number of carbonyl (C=O) groups excluding carboxylic acids is 1. The van der Waals surface area contributed by atoms with Crippen LogP contribution in [-0.2, 0) is 4.79 Å². The summed E-state index contributed by atoms with van der Waals surface area (Å²) in [6, 6.07) is -0.239. The third-order valence-corrected chi connectivity index (χ3v) is 3.58. The van der Waals surface area contributed by atoms with Crippen LogP contribution in [0.1, 0.15) is 52.4 Å². The van der Waals surface area contributed by atoms with Crippen LogP contribution in [0.4, 0.5) is 0 Å². The van der Waals surface area contributed by atoms with E-state index in [1.54, 1.807) is 6.92 Å². The molecule has 82 valence electrons. The van der Waals surface area contributed by atoms with E-state index in [1.807, 2.05) is 0 Å². The van der Waals surface area contributed by atoms with Crippen molar-refractivity contribution in [2.75, 3.05) is 0 Å². The molecule has 2 unspecified atom stereocenters. The lowest BCUT2D eigenvalue weighted by molar-refractivity contribution is -0.119. The minimum absolute atomic E-state index is 0.126. The summed E-state index contributed by atoms with van der Waals surface area (Å²) in [4.78, 5) is 11.0. The Labute approximate surface area is 87.2 Å². The van der Waals surface area contributed by atoms with Crippen LogP contribution in [-0.4, -0.2) is 11.8 Å². The van der Waals surface area contributed by atoms with Gasteiger partial charge in [-0.05, 0) is 25.2 Å². The van der Waals surface area contributed by atoms with Crippen molar-refractivity contribution < 1.29 is 4.79 Å². The van der Waals surface area contributed by atoms with Crippen molar-refractivity contribution in [3.05, 3.63) is 0 Å². The number of hydrogen-bond acceptors (Lipinski definition) is 2. The minimum Gasteiger partial charge on any atom is -0.321 e. The summed E-state index contributed by atoms with van der Waals surface area (Å²) in [5.74, 6) is 1.46. The summed E-state index contributed by atoms with van der Waals surface area (Å²) >= 11 is 0. The molecule has 2 heteroatoms. The molecule has 1 aliphatic carbocycles. The van der Waals surface area contributed by atoms with Crippen molar-refractivity contribution in [3.63, 3.8) is 0 Å². The van der Waals surface area contributed by atoms with Crippen LogP contribution >= 0.6 is 0 Å². The number of hydrogen-bond donors (Lipinski definition) is 1. The third-order valence-electron chi connectivity index (χ3n) is 3.58. The zero-order valence-electron chi connectivity index (χ0n) is 9.46. The fraction of sp³-hybridized carbons (Fsp3) is 0.917. The normalized spacial score (nSPS) is 21.4. The molecule has 0 amide bonds. The Morgan fingerprint density at radius 3 is 2.57 bits per heavy atom. The van der Waals surface area contributed by atoms with Gasteiger partial charge in [-0.2, -0.15) is 0 Å². The van der Waals surface area contributed by atoms with Crippen molar-refractivity contribution in [2.45, 2.75) is 58.4 Å². The summed E-state index contributed by atoms with van der Waals surface area (Å²) in [6.45, 7) is 3.68. The second-order valence-electron chi connectivity index (χ2n) is 4.84. The second-order valence-corrected chi connectivity index (χ2v) is 4.84. The number of nitrogens with two attached hydrogens (primary N) is 1. The largest absolute Gasteiger partial charge is 0.321 e. The Morgan fingerprint density at radius 2 is 2.14 bits per heavy atom. The zero-order valence-corrected chi connectivity index (χ0v) is 9.46. The zero-order chi connectivity index (χ0) is 10.6. The summed E-state index contributed by atoms with van der Waals surface area (Å²) in [5.41, 5.74) is 5.77. The molecule has 1 saturated carbocycles. The molecule has 1 rings (SSSR count). The first-order chi connectivity index (χ1) is 6.61. The Morgan fingerprint density at radius 1 is 1.50 bits per heavy atom. The molecule has 1 fully saturated rings. The molecule has 0 saturated heterocycles. The lowest BCUT2D eigenvalue weighted by atomic mass is 9.80. The topological polar surface area (TPSA) is 43.1 Å². The van der Waals surface area contributed by atoms with Crippen molar-refractivity contribution >= 4 is 5.78 Å².